The van der Waals surface area contributed by atoms with E-state index < -0.39 is 7.82 Å². The summed E-state index contributed by atoms with van der Waals surface area (Å²) in [6.45, 7) is 2.01. The summed E-state index contributed by atoms with van der Waals surface area (Å²) in [5, 5.41) is 0. The van der Waals surface area contributed by atoms with Crippen molar-refractivity contribution in [2.24, 2.45) is 0 Å². The van der Waals surface area contributed by atoms with Gasteiger partial charge < -0.3 is 13.9 Å². The first-order valence-electron chi connectivity index (χ1n) is 4.78. The Morgan fingerprint density at radius 1 is 1.27 bits per heavy atom. The highest BCUT2D eigenvalue weighted by Gasteiger charge is 2.08. The maximum Gasteiger partial charge on any atom is 0.268 e. The summed E-state index contributed by atoms with van der Waals surface area (Å²) in [5.41, 5.74) is 0.800. The number of phosphoric ester groups is 1. The van der Waals surface area contributed by atoms with Crippen molar-refractivity contribution in [2.45, 2.75) is 20.0 Å². The first kappa shape index (κ1) is 12.4. The van der Waals surface area contributed by atoms with Gasteiger partial charge in [-0.05, 0) is 12.0 Å². The van der Waals surface area contributed by atoms with E-state index in [1.807, 2.05) is 25.1 Å². The molecule has 0 aliphatic heterocycles. The van der Waals surface area contributed by atoms with Crippen LogP contribution in [0.4, 0.5) is 0 Å². The van der Waals surface area contributed by atoms with E-state index in [-0.39, 0.29) is 13.2 Å². The molecule has 0 aliphatic carbocycles. The molecule has 84 valence electrons. The minimum atomic E-state index is -4.12. The van der Waals surface area contributed by atoms with Gasteiger partial charge in [-0.3, -0.25) is 4.57 Å². The average molecular weight is 229 g/mol. The van der Waals surface area contributed by atoms with Crippen LogP contribution in [-0.2, 0) is 20.2 Å². The van der Waals surface area contributed by atoms with E-state index in [2.05, 4.69) is 4.52 Å². The molecule has 1 atom stereocenters. The molecule has 0 spiro atoms. The lowest BCUT2D eigenvalue weighted by Gasteiger charge is -2.22. The van der Waals surface area contributed by atoms with Crippen LogP contribution in [0.15, 0.2) is 30.3 Å². The summed E-state index contributed by atoms with van der Waals surface area (Å²) >= 11 is 0. The molecule has 0 amide bonds. The molecule has 0 heterocycles. The van der Waals surface area contributed by atoms with Gasteiger partial charge in [0, 0.05) is 0 Å². The number of phosphoric acid groups is 1. The second-order valence-electron chi connectivity index (χ2n) is 3.04. The summed E-state index contributed by atoms with van der Waals surface area (Å²) in [4.78, 5) is 11.1. The average Bonchev–Trinajstić information content (AvgIpc) is 2.25. The van der Waals surface area contributed by atoms with Crippen molar-refractivity contribution in [3.05, 3.63) is 35.9 Å². The molecule has 15 heavy (non-hydrogen) atoms. The van der Waals surface area contributed by atoms with Crippen molar-refractivity contribution in [1.29, 1.82) is 0 Å². The second-order valence-corrected chi connectivity index (χ2v) is 4.45. The summed E-state index contributed by atoms with van der Waals surface area (Å²) < 4.78 is 20.4. The lowest BCUT2D eigenvalue weighted by molar-refractivity contribution is -0.226. The third-order valence-corrected chi connectivity index (χ3v) is 2.63. The van der Waals surface area contributed by atoms with E-state index in [0.717, 1.165) is 5.56 Å². The molecular weight excluding hydrogens is 215 g/mol. The van der Waals surface area contributed by atoms with E-state index in [9.17, 15) is 9.46 Å². The Balaban J connectivity index is 2.39. The van der Waals surface area contributed by atoms with Crippen molar-refractivity contribution in [2.75, 3.05) is 6.61 Å². The number of benzene rings is 1. The molecule has 0 saturated heterocycles. The van der Waals surface area contributed by atoms with E-state index >= 15 is 0 Å². The van der Waals surface area contributed by atoms with Crippen molar-refractivity contribution < 1.29 is 18.5 Å². The van der Waals surface area contributed by atoms with Crippen LogP contribution in [0.5, 0.6) is 0 Å². The molecule has 0 radical (unpaired) electrons. The molecule has 1 rings (SSSR count). The Morgan fingerprint density at radius 2 is 1.93 bits per heavy atom. The smallest absolute Gasteiger partial charge is 0.268 e. The molecule has 5 heteroatoms. The van der Waals surface area contributed by atoms with Crippen molar-refractivity contribution in [1.82, 2.24) is 0 Å². The summed E-state index contributed by atoms with van der Waals surface area (Å²) in [7, 11) is -4.12. The van der Waals surface area contributed by atoms with Crippen LogP contribution in [0.1, 0.15) is 18.9 Å². The fourth-order valence-corrected chi connectivity index (χ4v) is 1.76. The van der Waals surface area contributed by atoms with Gasteiger partial charge in [0.25, 0.3) is 7.82 Å². The first-order valence-corrected chi connectivity index (χ1v) is 6.24. The topological polar surface area (TPSA) is 58.6 Å². The van der Waals surface area contributed by atoms with Crippen LogP contribution in [-0.4, -0.2) is 6.61 Å². The monoisotopic (exact) mass is 229 g/mol. The van der Waals surface area contributed by atoms with Gasteiger partial charge in [0.1, 0.15) is 0 Å². The Kier molecular flexibility index (Phi) is 4.99. The summed E-state index contributed by atoms with van der Waals surface area (Å²) in [6.07, 6.45) is 0.640. The quantitative estimate of drug-likeness (QED) is 0.701. The zero-order chi connectivity index (χ0) is 11.1. The van der Waals surface area contributed by atoms with E-state index in [1.165, 1.54) is 0 Å². The highest BCUT2D eigenvalue weighted by atomic mass is 31.2. The van der Waals surface area contributed by atoms with Gasteiger partial charge in [0.05, 0.1) is 13.2 Å². The van der Waals surface area contributed by atoms with Crippen LogP contribution in [0.25, 0.3) is 0 Å². The van der Waals surface area contributed by atoms with Crippen LogP contribution in [0.2, 0.25) is 0 Å². The lowest BCUT2D eigenvalue weighted by Crippen LogP contribution is -2.08. The van der Waals surface area contributed by atoms with Gasteiger partial charge in [0.2, 0.25) is 0 Å². The third-order valence-electron chi connectivity index (χ3n) is 1.69. The molecule has 0 aromatic heterocycles. The molecular formula is C10H14O4P-. The van der Waals surface area contributed by atoms with Gasteiger partial charge in [-0.1, -0.05) is 37.3 Å². The molecule has 4 nitrogen and oxygen atoms in total. The minimum absolute atomic E-state index is 0.0192. The van der Waals surface area contributed by atoms with Gasteiger partial charge in [0.15, 0.2) is 0 Å². The number of rotatable bonds is 6. The van der Waals surface area contributed by atoms with E-state index in [0.29, 0.717) is 6.42 Å². The highest BCUT2D eigenvalue weighted by molar-refractivity contribution is 7.45. The molecule has 0 saturated carbocycles. The Bertz CT molecular complexity index is 325. The van der Waals surface area contributed by atoms with E-state index in [4.69, 9.17) is 4.52 Å². The normalized spacial score (nSPS) is 14.8. The Morgan fingerprint density at radius 3 is 2.53 bits per heavy atom. The van der Waals surface area contributed by atoms with Crippen LogP contribution < -0.4 is 4.89 Å². The largest absolute Gasteiger partial charge is 0.756 e. The number of hydrogen-bond acceptors (Lipinski definition) is 4. The molecule has 1 aromatic rings. The highest BCUT2D eigenvalue weighted by Crippen LogP contribution is 2.39. The van der Waals surface area contributed by atoms with Crippen molar-refractivity contribution >= 4 is 7.82 Å². The molecule has 0 fully saturated rings. The zero-order valence-electron chi connectivity index (χ0n) is 8.59. The predicted molar refractivity (Wildman–Crippen MR) is 55.1 cm³/mol. The molecule has 0 aliphatic rings. The SMILES string of the molecule is CCCOP(=O)([O-])OCc1ccccc1. The fraction of sp³-hybridized carbons (Fsp3) is 0.400. The van der Waals surface area contributed by atoms with Crippen LogP contribution in [0, 0.1) is 0 Å². The van der Waals surface area contributed by atoms with Crippen molar-refractivity contribution in [3.63, 3.8) is 0 Å². The molecule has 0 bridgehead atoms. The van der Waals surface area contributed by atoms with Crippen LogP contribution >= 0.6 is 7.82 Å². The van der Waals surface area contributed by atoms with E-state index in [1.54, 1.807) is 12.1 Å². The lowest BCUT2D eigenvalue weighted by atomic mass is 10.2. The zero-order valence-corrected chi connectivity index (χ0v) is 9.48. The second kappa shape index (κ2) is 6.03. The fourth-order valence-electron chi connectivity index (χ4n) is 0.968. The molecule has 1 aromatic carbocycles. The Labute approximate surface area is 89.5 Å². The van der Waals surface area contributed by atoms with Crippen LogP contribution in [0.3, 0.4) is 0 Å². The number of hydrogen-bond donors (Lipinski definition) is 0. The third kappa shape index (κ3) is 5.09. The van der Waals surface area contributed by atoms with Crippen molar-refractivity contribution in [3.8, 4) is 0 Å². The van der Waals surface area contributed by atoms with Gasteiger partial charge in [-0.15, -0.1) is 0 Å². The predicted octanol–water partition coefficient (Wildman–Crippen LogP) is 2.10. The summed E-state index contributed by atoms with van der Waals surface area (Å²) in [5.74, 6) is 0. The minimum Gasteiger partial charge on any atom is -0.756 e. The molecule has 1 unspecified atom stereocenters. The van der Waals surface area contributed by atoms with Gasteiger partial charge in [-0.25, -0.2) is 0 Å². The van der Waals surface area contributed by atoms with Gasteiger partial charge in [-0.2, -0.15) is 0 Å². The summed E-state index contributed by atoms with van der Waals surface area (Å²) in [6, 6.07) is 9.08. The molecule has 0 N–H and O–H groups in total. The maximum absolute atomic E-state index is 11.1. The maximum atomic E-state index is 11.1. The first-order chi connectivity index (χ1) is 7.14. The Hall–Kier alpha value is -0.670. The standard InChI is InChI=1S/C10H15O4P/c1-2-8-13-15(11,12)14-9-10-6-4-3-5-7-10/h3-7H,2,8-9H2,1H3,(H,11,12)/p-1. The van der Waals surface area contributed by atoms with Gasteiger partial charge >= 0.3 is 0 Å².